The van der Waals surface area contributed by atoms with Gasteiger partial charge in [0.1, 0.15) is 19.0 Å². The SMILES string of the molecule is O=C(NCc1ccc(C(=O)Nc2ccncc2)c(OCc2ccccc2)c1)OCc1ccccc1. The molecule has 2 N–H and O–H groups in total. The summed E-state index contributed by atoms with van der Waals surface area (Å²) >= 11 is 0. The molecule has 4 aromatic rings. The van der Waals surface area contributed by atoms with Gasteiger partial charge in [0, 0.05) is 24.6 Å². The largest absolute Gasteiger partial charge is 0.488 e. The van der Waals surface area contributed by atoms with Crippen molar-refractivity contribution in [1.82, 2.24) is 10.3 Å². The summed E-state index contributed by atoms with van der Waals surface area (Å²) in [5, 5.41) is 5.58. The summed E-state index contributed by atoms with van der Waals surface area (Å²) in [4.78, 5) is 29.0. The molecule has 35 heavy (non-hydrogen) atoms. The predicted octanol–water partition coefficient (Wildman–Crippen LogP) is 5.34. The Kier molecular flexibility index (Phi) is 8.05. The summed E-state index contributed by atoms with van der Waals surface area (Å²) in [6.07, 6.45) is 2.68. The van der Waals surface area contributed by atoms with Crippen LogP contribution < -0.4 is 15.4 Å². The molecule has 0 radical (unpaired) electrons. The van der Waals surface area contributed by atoms with Crippen molar-refractivity contribution in [2.24, 2.45) is 0 Å². The van der Waals surface area contributed by atoms with Crippen LogP contribution in [-0.2, 0) is 24.5 Å². The predicted molar refractivity (Wildman–Crippen MR) is 133 cm³/mol. The van der Waals surface area contributed by atoms with Crippen molar-refractivity contribution < 1.29 is 19.1 Å². The van der Waals surface area contributed by atoms with E-state index in [2.05, 4.69) is 15.6 Å². The third kappa shape index (κ3) is 7.17. The average Bonchev–Trinajstić information content (AvgIpc) is 2.91. The molecule has 1 aromatic heterocycles. The summed E-state index contributed by atoms with van der Waals surface area (Å²) in [6, 6.07) is 27.8. The number of ether oxygens (including phenoxy) is 2. The number of pyridine rings is 1. The van der Waals surface area contributed by atoms with Crippen molar-refractivity contribution in [2.75, 3.05) is 5.32 Å². The van der Waals surface area contributed by atoms with Gasteiger partial charge in [-0.25, -0.2) is 4.79 Å². The fourth-order valence-electron chi connectivity index (χ4n) is 3.30. The number of hydrogen-bond acceptors (Lipinski definition) is 5. The lowest BCUT2D eigenvalue weighted by Gasteiger charge is -2.14. The first-order valence-electron chi connectivity index (χ1n) is 11.1. The van der Waals surface area contributed by atoms with Crippen LogP contribution in [0.5, 0.6) is 5.75 Å². The Morgan fingerprint density at radius 2 is 1.40 bits per heavy atom. The molecule has 0 atom stereocenters. The zero-order valence-electron chi connectivity index (χ0n) is 19.0. The molecule has 3 aromatic carbocycles. The Labute approximate surface area is 203 Å². The quantitative estimate of drug-likeness (QED) is 0.347. The molecule has 0 bridgehead atoms. The third-order valence-corrected chi connectivity index (χ3v) is 5.12. The van der Waals surface area contributed by atoms with Crippen LogP contribution in [0.15, 0.2) is 103 Å². The highest BCUT2D eigenvalue weighted by molar-refractivity contribution is 6.06. The van der Waals surface area contributed by atoms with E-state index < -0.39 is 6.09 Å². The summed E-state index contributed by atoms with van der Waals surface area (Å²) in [5.74, 6) is 0.110. The van der Waals surface area contributed by atoms with E-state index in [1.807, 2.05) is 60.7 Å². The number of carbonyl (C=O) groups is 2. The molecule has 7 heteroatoms. The number of alkyl carbamates (subject to hydrolysis) is 1. The van der Waals surface area contributed by atoms with Gasteiger partial charge >= 0.3 is 6.09 Å². The molecule has 0 aliphatic rings. The number of carbonyl (C=O) groups excluding carboxylic acids is 2. The number of amides is 2. The molecule has 176 valence electrons. The van der Waals surface area contributed by atoms with Crippen LogP contribution in [0.2, 0.25) is 0 Å². The number of hydrogen-bond donors (Lipinski definition) is 2. The van der Waals surface area contributed by atoms with E-state index in [0.29, 0.717) is 23.6 Å². The van der Waals surface area contributed by atoms with Gasteiger partial charge in [-0.3, -0.25) is 9.78 Å². The van der Waals surface area contributed by atoms with Crippen molar-refractivity contribution in [2.45, 2.75) is 19.8 Å². The van der Waals surface area contributed by atoms with Gasteiger partial charge in [-0.1, -0.05) is 66.7 Å². The van der Waals surface area contributed by atoms with Gasteiger partial charge in [-0.15, -0.1) is 0 Å². The molecule has 0 saturated carbocycles. The van der Waals surface area contributed by atoms with Crippen LogP contribution in [0.4, 0.5) is 10.5 Å². The molecule has 0 aliphatic carbocycles. The molecule has 7 nitrogen and oxygen atoms in total. The molecule has 4 rings (SSSR count). The highest BCUT2D eigenvalue weighted by Crippen LogP contribution is 2.23. The number of nitrogens with zero attached hydrogens (tertiary/aromatic N) is 1. The van der Waals surface area contributed by atoms with E-state index >= 15 is 0 Å². The summed E-state index contributed by atoms with van der Waals surface area (Å²) in [6.45, 7) is 0.709. The fourth-order valence-corrected chi connectivity index (χ4v) is 3.30. The van der Waals surface area contributed by atoms with Gasteiger partial charge in [0.25, 0.3) is 5.91 Å². The van der Waals surface area contributed by atoms with E-state index in [4.69, 9.17) is 9.47 Å². The van der Waals surface area contributed by atoms with Crippen molar-refractivity contribution in [3.05, 3.63) is 126 Å². The van der Waals surface area contributed by atoms with Crippen molar-refractivity contribution in [3.63, 3.8) is 0 Å². The first kappa shape index (κ1) is 23.5. The Bertz CT molecular complexity index is 1250. The van der Waals surface area contributed by atoms with Crippen LogP contribution in [0.3, 0.4) is 0 Å². The molecule has 1 heterocycles. The topological polar surface area (TPSA) is 89.6 Å². The lowest BCUT2D eigenvalue weighted by Crippen LogP contribution is -2.23. The average molecular weight is 468 g/mol. The Morgan fingerprint density at radius 3 is 2.09 bits per heavy atom. The van der Waals surface area contributed by atoms with E-state index in [0.717, 1.165) is 16.7 Å². The Hall–Kier alpha value is -4.65. The van der Waals surface area contributed by atoms with E-state index in [1.54, 1.807) is 42.7 Å². The highest BCUT2D eigenvalue weighted by atomic mass is 16.5. The smallest absolute Gasteiger partial charge is 0.407 e. The lowest BCUT2D eigenvalue weighted by atomic mass is 10.1. The maximum Gasteiger partial charge on any atom is 0.407 e. The Morgan fingerprint density at radius 1 is 0.743 bits per heavy atom. The molecule has 2 amide bonds. The first-order valence-corrected chi connectivity index (χ1v) is 11.1. The lowest BCUT2D eigenvalue weighted by molar-refractivity contribution is 0.102. The molecular formula is C28H25N3O4. The number of benzene rings is 3. The second-order valence-corrected chi connectivity index (χ2v) is 7.71. The summed E-state index contributed by atoms with van der Waals surface area (Å²) < 4.78 is 11.3. The van der Waals surface area contributed by atoms with Gasteiger partial charge < -0.3 is 20.1 Å². The summed E-state index contributed by atoms with van der Waals surface area (Å²) in [5.41, 5.74) is 3.66. The van der Waals surface area contributed by atoms with E-state index in [1.165, 1.54) is 0 Å². The molecular weight excluding hydrogens is 442 g/mol. The molecule has 0 fully saturated rings. The van der Waals surface area contributed by atoms with Crippen LogP contribution in [0.1, 0.15) is 27.0 Å². The van der Waals surface area contributed by atoms with Crippen molar-refractivity contribution in [3.8, 4) is 5.75 Å². The van der Waals surface area contributed by atoms with Crippen LogP contribution in [-0.4, -0.2) is 17.0 Å². The molecule has 0 spiro atoms. The number of nitrogens with one attached hydrogen (secondary N) is 2. The van der Waals surface area contributed by atoms with Gasteiger partial charge in [0.05, 0.1) is 5.56 Å². The monoisotopic (exact) mass is 467 g/mol. The number of aromatic nitrogens is 1. The maximum absolute atomic E-state index is 12.9. The zero-order valence-corrected chi connectivity index (χ0v) is 19.0. The fraction of sp³-hybridized carbons (Fsp3) is 0.107. The van der Waals surface area contributed by atoms with Crippen LogP contribution >= 0.6 is 0 Å². The van der Waals surface area contributed by atoms with Gasteiger partial charge in [0.15, 0.2) is 0 Å². The van der Waals surface area contributed by atoms with Crippen LogP contribution in [0.25, 0.3) is 0 Å². The van der Waals surface area contributed by atoms with E-state index in [9.17, 15) is 9.59 Å². The highest BCUT2D eigenvalue weighted by Gasteiger charge is 2.15. The minimum atomic E-state index is -0.528. The molecule has 0 aliphatic heterocycles. The van der Waals surface area contributed by atoms with Gasteiger partial charge in [-0.2, -0.15) is 0 Å². The van der Waals surface area contributed by atoms with Gasteiger partial charge in [-0.05, 0) is 41.0 Å². The minimum Gasteiger partial charge on any atom is -0.488 e. The second-order valence-electron chi connectivity index (χ2n) is 7.71. The van der Waals surface area contributed by atoms with Gasteiger partial charge in [0.2, 0.25) is 0 Å². The van der Waals surface area contributed by atoms with Crippen LogP contribution in [0, 0.1) is 0 Å². The molecule has 0 unspecified atom stereocenters. The zero-order chi connectivity index (χ0) is 24.3. The number of rotatable bonds is 9. The second kappa shape index (κ2) is 12.0. The summed E-state index contributed by atoms with van der Waals surface area (Å²) in [7, 11) is 0. The Balaban J connectivity index is 1.43. The van der Waals surface area contributed by atoms with Crippen molar-refractivity contribution in [1.29, 1.82) is 0 Å². The standard InChI is InChI=1S/C28H25N3O4/c32-27(31-24-13-15-29-16-14-24)25-12-11-23(17-26(25)34-19-21-7-3-1-4-8-21)18-30-28(33)35-20-22-9-5-2-6-10-22/h1-17H,18-20H2,(H,30,33)(H,29,31,32). The normalized spacial score (nSPS) is 10.3. The number of anilines is 1. The third-order valence-electron chi connectivity index (χ3n) is 5.12. The molecule has 0 saturated heterocycles. The van der Waals surface area contributed by atoms with E-state index in [-0.39, 0.29) is 19.1 Å². The maximum atomic E-state index is 12.9. The minimum absolute atomic E-state index is 0.187. The first-order chi connectivity index (χ1) is 17.2. The van der Waals surface area contributed by atoms with Crippen molar-refractivity contribution >= 4 is 17.7 Å².